The molecule has 0 heterocycles. The van der Waals surface area contributed by atoms with E-state index in [1.54, 1.807) is 0 Å². The second-order valence-corrected chi connectivity index (χ2v) is 1.67. The SMILES string of the molecule is CNNC1CC1. The summed E-state index contributed by atoms with van der Waals surface area (Å²) in [6, 6.07) is 0.787. The maximum Gasteiger partial charge on any atom is 0.0214 e. The fourth-order valence-electron chi connectivity index (χ4n) is 0.432. The minimum absolute atomic E-state index is 0.787. The summed E-state index contributed by atoms with van der Waals surface area (Å²) in [5.41, 5.74) is 5.95. The molecular weight excluding hydrogens is 76.1 g/mol. The van der Waals surface area contributed by atoms with Crippen LogP contribution in [-0.2, 0) is 0 Å². The molecule has 2 nitrogen and oxygen atoms in total. The molecular formula is C4H10N2. The van der Waals surface area contributed by atoms with E-state index in [0.717, 1.165) is 6.04 Å². The molecule has 0 unspecified atom stereocenters. The van der Waals surface area contributed by atoms with E-state index >= 15 is 0 Å². The van der Waals surface area contributed by atoms with E-state index in [4.69, 9.17) is 0 Å². The summed E-state index contributed by atoms with van der Waals surface area (Å²) in [4.78, 5) is 0. The van der Waals surface area contributed by atoms with Crippen LogP contribution in [0.4, 0.5) is 0 Å². The van der Waals surface area contributed by atoms with Crippen molar-refractivity contribution in [1.82, 2.24) is 10.9 Å². The third-order valence-corrected chi connectivity index (χ3v) is 0.926. The van der Waals surface area contributed by atoms with E-state index in [9.17, 15) is 0 Å². The van der Waals surface area contributed by atoms with Gasteiger partial charge < -0.3 is 0 Å². The van der Waals surface area contributed by atoms with E-state index in [2.05, 4.69) is 10.9 Å². The van der Waals surface area contributed by atoms with Crippen LogP contribution >= 0.6 is 0 Å². The number of hydrazine groups is 1. The minimum Gasteiger partial charge on any atom is -0.261 e. The summed E-state index contributed by atoms with van der Waals surface area (Å²) in [6.07, 6.45) is 2.70. The molecule has 1 aliphatic carbocycles. The summed E-state index contributed by atoms with van der Waals surface area (Å²) in [5, 5.41) is 0. The topological polar surface area (TPSA) is 24.1 Å². The zero-order valence-corrected chi connectivity index (χ0v) is 3.99. The number of hydrogen-bond acceptors (Lipinski definition) is 2. The molecule has 1 rings (SSSR count). The maximum atomic E-state index is 3.07. The lowest BCUT2D eigenvalue weighted by Gasteiger charge is -1.92. The average Bonchev–Trinajstić information content (AvgIpc) is 2.21. The minimum atomic E-state index is 0.787. The Morgan fingerprint density at radius 2 is 2.17 bits per heavy atom. The molecule has 0 radical (unpaired) electrons. The Morgan fingerprint density at radius 3 is 2.33 bits per heavy atom. The van der Waals surface area contributed by atoms with Gasteiger partial charge in [0.2, 0.25) is 0 Å². The molecule has 0 aromatic carbocycles. The van der Waals surface area contributed by atoms with Crippen LogP contribution in [0, 0.1) is 0 Å². The van der Waals surface area contributed by atoms with Crippen LogP contribution in [-0.4, -0.2) is 13.1 Å². The molecule has 0 aromatic rings. The third-order valence-electron chi connectivity index (χ3n) is 0.926. The van der Waals surface area contributed by atoms with E-state index < -0.39 is 0 Å². The van der Waals surface area contributed by atoms with Crippen molar-refractivity contribution in [2.24, 2.45) is 0 Å². The van der Waals surface area contributed by atoms with Gasteiger partial charge in [-0.15, -0.1) is 0 Å². The van der Waals surface area contributed by atoms with Gasteiger partial charge in [-0.05, 0) is 19.9 Å². The lowest BCUT2D eigenvalue weighted by molar-refractivity contribution is 0.592. The molecule has 2 N–H and O–H groups in total. The molecule has 1 fully saturated rings. The summed E-state index contributed by atoms with van der Waals surface area (Å²) in [6.45, 7) is 0. The Hall–Kier alpha value is -0.0800. The molecule has 6 heavy (non-hydrogen) atoms. The first-order valence-corrected chi connectivity index (χ1v) is 2.36. The summed E-state index contributed by atoms with van der Waals surface area (Å²) in [7, 11) is 1.90. The predicted octanol–water partition coefficient (Wildman–Crippen LogP) is -0.127. The van der Waals surface area contributed by atoms with Crippen molar-refractivity contribution in [2.75, 3.05) is 7.05 Å². The molecule has 0 atom stereocenters. The van der Waals surface area contributed by atoms with Gasteiger partial charge in [-0.25, -0.2) is 0 Å². The third kappa shape index (κ3) is 0.954. The molecule has 0 aromatic heterocycles. The second-order valence-electron chi connectivity index (χ2n) is 1.67. The Bertz CT molecular complexity index is 40.8. The lowest BCUT2D eigenvalue weighted by Crippen LogP contribution is -2.29. The summed E-state index contributed by atoms with van der Waals surface area (Å²) in [5.74, 6) is 0. The standard InChI is InChI=1S/C4H10N2/c1-5-6-4-2-3-4/h4-6H,2-3H2,1H3. The molecule has 1 aliphatic rings. The molecule has 0 amide bonds. The Morgan fingerprint density at radius 1 is 1.50 bits per heavy atom. The number of hydrogen-bond donors (Lipinski definition) is 2. The van der Waals surface area contributed by atoms with Gasteiger partial charge in [-0.3, -0.25) is 10.9 Å². The Balaban J connectivity index is 1.88. The van der Waals surface area contributed by atoms with Crippen LogP contribution in [0.5, 0.6) is 0 Å². The van der Waals surface area contributed by atoms with E-state index in [0.29, 0.717) is 0 Å². The van der Waals surface area contributed by atoms with Crippen molar-refractivity contribution in [3.63, 3.8) is 0 Å². The first kappa shape index (κ1) is 4.09. The second kappa shape index (κ2) is 1.58. The first-order chi connectivity index (χ1) is 2.93. The normalized spacial score (nSPS) is 21.5. The van der Waals surface area contributed by atoms with Gasteiger partial charge in [0.25, 0.3) is 0 Å². The number of nitrogens with one attached hydrogen (secondary N) is 2. The average molecular weight is 86.1 g/mol. The van der Waals surface area contributed by atoms with E-state index in [-0.39, 0.29) is 0 Å². The molecule has 0 bridgehead atoms. The smallest absolute Gasteiger partial charge is 0.0214 e. The van der Waals surface area contributed by atoms with Crippen molar-refractivity contribution < 1.29 is 0 Å². The van der Waals surface area contributed by atoms with Crippen LogP contribution in [0.25, 0.3) is 0 Å². The van der Waals surface area contributed by atoms with Crippen molar-refractivity contribution in [3.8, 4) is 0 Å². The largest absolute Gasteiger partial charge is 0.261 e. The van der Waals surface area contributed by atoms with E-state index in [1.807, 2.05) is 7.05 Å². The fourth-order valence-corrected chi connectivity index (χ4v) is 0.432. The summed E-state index contributed by atoms with van der Waals surface area (Å²) >= 11 is 0. The van der Waals surface area contributed by atoms with Gasteiger partial charge in [0.15, 0.2) is 0 Å². The maximum absolute atomic E-state index is 3.07. The Kier molecular flexibility index (Phi) is 1.08. The highest BCUT2D eigenvalue weighted by Gasteiger charge is 2.18. The highest BCUT2D eigenvalue weighted by molar-refractivity contribution is 4.78. The highest BCUT2D eigenvalue weighted by Crippen LogP contribution is 2.16. The quantitative estimate of drug-likeness (QED) is 0.457. The number of rotatable bonds is 2. The predicted molar refractivity (Wildman–Crippen MR) is 25.2 cm³/mol. The van der Waals surface area contributed by atoms with Gasteiger partial charge >= 0.3 is 0 Å². The Labute approximate surface area is 37.9 Å². The molecule has 2 heteroatoms. The molecule has 0 aliphatic heterocycles. The van der Waals surface area contributed by atoms with Gasteiger partial charge in [-0.1, -0.05) is 0 Å². The monoisotopic (exact) mass is 86.1 g/mol. The molecule has 0 saturated heterocycles. The van der Waals surface area contributed by atoms with Crippen LogP contribution in [0.2, 0.25) is 0 Å². The van der Waals surface area contributed by atoms with Gasteiger partial charge in [0.05, 0.1) is 0 Å². The van der Waals surface area contributed by atoms with Crippen molar-refractivity contribution in [3.05, 3.63) is 0 Å². The van der Waals surface area contributed by atoms with Crippen LogP contribution in [0.3, 0.4) is 0 Å². The van der Waals surface area contributed by atoms with Crippen LogP contribution in [0.1, 0.15) is 12.8 Å². The molecule has 0 spiro atoms. The first-order valence-electron chi connectivity index (χ1n) is 2.36. The lowest BCUT2D eigenvalue weighted by atomic mass is 10.8. The van der Waals surface area contributed by atoms with Crippen LogP contribution in [0.15, 0.2) is 0 Å². The molecule has 1 saturated carbocycles. The van der Waals surface area contributed by atoms with Gasteiger partial charge in [0.1, 0.15) is 0 Å². The fraction of sp³-hybridized carbons (Fsp3) is 1.00. The van der Waals surface area contributed by atoms with E-state index in [1.165, 1.54) is 12.8 Å². The highest BCUT2D eigenvalue weighted by atomic mass is 15.4. The van der Waals surface area contributed by atoms with Crippen LogP contribution < -0.4 is 10.9 Å². The van der Waals surface area contributed by atoms with Crippen molar-refractivity contribution in [1.29, 1.82) is 0 Å². The van der Waals surface area contributed by atoms with Gasteiger partial charge in [0, 0.05) is 6.04 Å². The van der Waals surface area contributed by atoms with Crippen molar-refractivity contribution in [2.45, 2.75) is 18.9 Å². The van der Waals surface area contributed by atoms with Gasteiger partial charge in [-0.2, -0.15) is 0 Å². The van der Waals surface area contributed by atoms with Crippen molar-refractivity contribution >= 4 is 0 Å². The zero-order chi connectivity index (χ0) is 4.41. The summed E-state index contributed by atoms with van der Waals surface area (Å²) < 4.78 is 0. The zero-order valence-electron chi connectivity index (χ0n) is 3.99. The molecule has 36 valence electrons.